The van der Waals surface area contributed by atoms with Crippen molar-refractivity contribution < 1.29 is 13.9 Å². The first-order valence-corrected chi connectivity index (χ1v) is 12.3. The number of benzene rings is 1. The first kappa shape index (κ1) is 27.1. The average molecular weight is 534 g/mol. The van der Waals surface area contributed by atoms with E-state index in [4.69, 9.17) is 47.7 Å². The van der Waals surface area contributed by atoms with E-state index < -0.39 is 22.5 Å². The molecule has 0 fully saturated rings. The van der Waals surface area contributed by atoms with Crippen LogP contribution in [0.3, 0.4) is 0 Å². The molecule has 1 N–H and O–H groups in total. The van der Waals surface area contributed by atoms with Crippen LogP contribution in [0.15, 0.2) is 36.7 Å². The minimum absolute atomic E-state index is 0.0508. The molecule has 3 aromatic heterocycles. The Morgan fingerprint density at radius 3 is 2.64 bits per heavy atom. The van der Waals surface area contributed by atoms with E-state index in [9.17, 15) is 9.18 Å². The van der Waals surface area contributed by atoms with Crippen molar-refractivity contribution in [3.63, 3.8) is 0 Å². The fourth-order valence-corrected chi connectivity index (χ4v) is 5.08. The third kappa shape index (κ3) is 4.67. The highest BCUT2D eigenvalue weighted by Crippen LogP contribution is 2.46. The van der Waals surface area contributed by atoms with Gasteiger partial charge in [-0.05, 0) is 47.3 Å². The highest BCUT2D eigenvalue weighted by Gasteiger charge is 2.38. The number of carbonyl (C=O) groups excluding carboxylic acids is 1. The monoisotopic (exact) mass is 534 g/mol. The standard InChI is InChI=1S/C25H20B4ClFN6O2/c1-11-16-8-14(31)5-6-15(16)20-17(10-36(4)34-20)25(28,29)19-21(37(24(3,26)27)35-22(19)30)13-7-18(39-11)23(32-9-13)33-12(2)38/h5-11H,1-4H3,(H,32,33,38)/t11-/m1/s1. The summed E-state index contributed by atoms with van der Waals surface area (Å²) in [5.41, 5.74) is 2.63. The predicted molar refractivity (Wildman–Crippen MR) is 150 cm³/mol. The van der Waals surface area contributed by atoms with Crippen LogP contribution in [0.25, 0.3) is 22.5 Å². The number of aromatic nitrogens is 5. The lowest BCUT2D eigenvalue weighted by molar-refractivity contribution is -0.114. The van der Waals surface area contributed by atoms with Crippen LogP contribution in [0, 0.1) is 5.82 Å². The molecule has 8 nitrogen and oxygen atoms in total. The summed E-state index contributed by atoms with van der Waals surface area (Å²) in [6.07, 6.45) is 2.38. The fourth-order valence-electron chi connectivity index (χ4n) is 4.76. The lowest BCUT2D eigenvalue weighted by Gasteiger charge is -2.31. The summed E-state index contributed by atoms with van der Waals surface area (Å²) in [5, 5.41) is 8.28. The summed E-state index contributed by atoms with van der Waals surface area (Å²) in [4.78, 5) is 16.3. The van der Waals surface area contributed by atoms with Crippen LogP contribution < -0.4 is 10.1 Å². The van der Waals surface area contributed by atoms with E-state index in [1.165, 1.54) is 36.9 Å². The van der Waals surface area contributed by atoms with Gasteiger partial charge in [-0.1, -0.05) is 18.5 Å². The summed E-state index contributed by atoms with van der Waals surface area (Å²) < 4.78 is 23.7. The number of ether oxygens (including phenoxy) is 1. The highest BCUT2D eigenvalue weighted by atomic mass is 35.5. The average Bonchev–Trinajstić information content (AvgIpc) is 3.40. The molecule has 1 atom stereocenters. The predicted octanol–water partition coefficient (Wildman–Crippen LogP) is 3.06. The van der Waals surface area contributed by atoms with Crippen molar-refractivity contribution >= 4 is 54.7 Å². The fraction of sp³-hybridized carbons (Fsp3) is 0.280. The van der Waals surface area contributed by atoms with Gasteiger partial charge < -0.3 is 10.1 Å². The quantitative estimate of drug-likeness (QED) is 0.400. The zero-order valence-corrected chi connectivity index (χ0v) is 22.4. The smallest absolute Gasteiger partial charge is 0.222 e. The van der Waals surface area contributed by atoms with Crippen molar-refractivity contribution in [2.45, 2.75) is 37.4 Å². The lowest BCUT2D eigenvalue weighted by Crippen LogP contribution is -2.34. The molecule has 8 radical (unpaired) electrons. The second-order valence-electron chi connectivity index (χ2n) is 9.83. The molecule has 0 saturated heterocycles. The Kier molecular flexibility index (Phi) is 6.49. The van der Waals surface area contributed by atoms with E-state index in [1.54, 1.807) is 37.0 Å². The number of nitrogens with zero attached hydrogens (tertiary/aromatic N) is 5. The third-order valence-electron chi connectivity index (χ3n) is 6.42. The molecule has 14 heteroatoms. The first-order chi connectivity index (χ1) is 18.2. The number of anilines is 1. The number of halogens is 2. The van der Waals surface area contributed by atoms with Gasteiger partial charge in [0.1, 0.15) is 11.9 Å². The molecular formula is C25H20B4ClFN6O2. The van der Waals surface area contributed by atoms with Gasteiger partial charge in [0.25, 0.3) is 0 Å². The summed E-state index contributed by atoms with van der Waals surface area (Å²) in [7, 11) is 28.0. The summed E-state index contributed by atoms with van der Waals surface area (Å²) in [6.45, 7) is 4.60. The van der Waals surface area contributed by atoms with Crippen molar-refractivity contribution in [3.05, 3.63) is 64.3 Å². The van der Waals surface area contributed by atoms with E-state index >= 15 is 0 Å². The van der Waals surface area contributed by atoms with Crippen molar-refractivity contribution in [2.24, 2.45) is 7.05 Å². The number of nitrogens with one attached hydrogen (secondary N) is 1. The van der Waals surface area contributed by atoms with Gasteiger partial charge in [-0.15, -0.1) is 0 Å². The van der Waals surface area contributed by atoms with E-state index in [2.05, 4.69) is 20.5 Å². The van der Waals surface area contributed by atoms with Crippen LogP contribution in [0.5, 0.6) is 5.75 Å². The van der Waals surface area contributed by atoms with Crippen LogP contribution in [0.4, 0.5) is 10.2 Å². The molecule has 188 valence electrons. The molecule has 0 unspecified atom stereocenters. The zero-order valence-electron chi connectivity index (χ0n) is 21.7. The van der Waals surface area contributed by atoms with E-state index in [1.807, 2.05) is 0 Å². The molecule has 5 rings (SSSR count). The van der Waals surface area contributed by atoms with Gasteiger partial charge in [0, 0.05) is 48.6 Å². The maximum atomic E-state index is 14.5. The summed E-state index contributed by atoms with van der Waals surface area (Å²) in [5.74, 6) is -0.532. The van der Waals surface area contributed by atoms with E-state index in [0.29, 0.717) is 27.9 Å². The Balaban J connectivity index is 1.93. The Morgan fingerprint density at radius 2 is 1.97 bits per heavy atom. The van der Waals surface area contributed by atoms with Crippen LogP contribution in [0.2, 0.25) is 5.15 Å². The van der Waals surface area contributed by atoms with Crippen LogP contribution >= 0.6 is 11.6 Å². The topological polar surface area (TPSA) is 86.9 Å². The maximum absolute atomic E-state index is 14.5. The van der Waals surface area contributed by atoms with Crippen molar-refractivity contribution in [1.29, 1.82) is 0 Å². The molecule has 4 aromatic rings. The molecule has 1 aliphatic rings. The minimum atomic E-state index is -1.79. The Bertz CT molecular complexity index is 1630. The van der Waals surface area contributed by atoms with Crippen molar-refractivity contribution in [1.82, 2.24) is 24.5 Å². The first-order valence-electron chi connectivity index (χ1n) is 11.9. The molecular weight excluding hydrogens is 514 g/mol. The normalized spacial score (nSPS) is 16.1. The number of hydrogen-bond donors (Lipinski definition) is 1. The van der Waals surface area contributed by atoms with E-state index in [-0.39, 0.29) is 33.9 Å². The largest absolute Gasteiger partial charge is 0.482 e. The highest BCUT2D eigenvalue weighted by molar-refractivity contribution is 6.45. The molecule has 0 spiro atoms. The summed E-state index contributed by atoms with van der Waals surface area (Å²) >= 11 is 6.69. The van der Waals surface area contributed by atoms with Crippen LogP contribution in [-0.4, -0.2) is 61.8 Å². The lowest BCUT2D eigenvalue weighted by atomic mass is 9.47. The number of aryl methyl sites for hydroxylation is 1. The molecule has 39 heavy (non-hydrogen) atoms. The molecule has 0 aliphatic carbocycles. The van der Waals surface area contributed by atoms with Gasteiger partial charge in [-0.2, -0.15) is 10.2 Å². The Hall–Kier alpha value is -3.46. The van der Waals surface area contributed by atoms with Gasteiger partial charge in [0.05, 0.1) is 42.8 Å². The number of carbonyl (C=O) groups is 1. The second kappa shape index (κ2) is 9.33. The number of rotatable bonds is 2. The summed E-state index contributed by atoms with van der Waals surface area (Å²) in [6, 6.07) is 5.83. The number of amides is 1. The Labute approximate surface area is 235 Å². The van der Waals surface area contributed by atoms with E-state index in [0.717, 1.165) is 0 Å². The number of fused-ring (bicyclic) bond motifs is 7. The van der Waals surface area contributed by atoms with Crippen LogP contribution in [-0.2, 0) is 22.4 Å². The maximum Gasteiger partial charge on any atom is 0.222 e. The van der Waals surface area contributed by atoms with Gasteiger partial charge in [-0.3, -0.25) is 14.2 Å². The van der Waals surface area contributed by atoms with Crippen molar-refractivity contribution in [3.8, 4) is 28.3 Å². The molecule has 1 aromatic carbocycles. The van der Waals surface area contributed by atoms with Gasteiger partial charge in [-0.25, -0.2) is 9.37 Å². The SMILES string of the molecule is [B]C1([B])c2cn(C)nc2-c2ccc(F)cc2[C@@H](C)Oc2cc(cnc2NC(C)=O)-c2c1c(Cl)nn2C([B])([B])C. The Morgan fingerprint density at radius 1 is 1.26 bits per heavy atom. The molecule has 4 heterocycles. The van der Waals surface area contributed by atoms with Crippen LogP contribution in [0.1, 0.15) is 43.6 Å². The molecule has 1 aliphatic heterocycles. The zero-order chi connectivity index (χ0) is 28.4. The number of pyridine rings is 1. The molecule has 2 bridgehead atoms. The molecule has 1 amide bonds. The third-order valence-corrected chi connectivity index (χ3v) is 6.68. The minimum Gasteiger partial charge on any atom is -0.482 e. The van der Waals surface area contributed by atoms with Gasteiger partial charge >= 0.3 is 0 Å². The van der Waals surface area contributed by atoms with Crippen molar-refractivity contribution in [2.75, 3.05) is 5.32 Å². The second-order valence-corrected chi connectivity index (χ2v) is 10.2. The van der Waals surface area contributed by atoms with Gasteiger partial charge in [0.15, 0.2) is 16.7 Å². The van der Waals surface area contributed by atoms with Gasteiger partial charge in [0.2, 0.25) is 5.91 Å². The molecule has 0 saturated carbocycles. The number of hydrogen-bond acceptors (Lipinski definition) is 5.